The molecule has 0 atom stereocenters. The van der Waals surface area contributed by atoms with E-state index >= 15 is 0 Å². The fourth-order valence-corrected chi connectivity index (χ4v) is 2.40. The predicted octanol–water partition coefficient (Wildman–Crippen LogP) is 3.33. The lowest BCUT2D eigenvalue weighted by atomic mass is 9.79. The van der Waals surface area contributed by atoms with Gasteiger partial charge < -0.3 is 9.31 Å². The van der Waals surface area contributed by atoms with E-state index in [1.165, 1.54) is 6.07 Å². The van der Waals surface area contributed by atoms with Crippen LogP contribution < -0.4 is 5.46 Å². The van der Waals surface area contributed by atoms with Crippen molar-refractivity contribution in [1.29, 1.82) is 0 Å². The number of rotatable bonds is 2. The Hall–Kier alpha value is -1.79. The van der Waals surface area contributed by atoms with Crippen LogP contribution in [0.25, 0.3) is 11.1 Å². The summed E-state index contributed by atoms with van der Waals surface area (Å²) in [5.41, 5.74) is 1.07. The standard InChI is InChI=1S/C17H18BF2NO2/c1-16(2)17(3,4)23-18(22-16)13-7-12(9-21-10-13)11-5-6-14(19)15(20)8-11/h5-10H,1-4H3. The van der Waals surface area contributed by atoms with Crippen LogP contribution >= 0.6 is 0 Å². The van der Waals surface area contributed by atoms with Gasteiger partial charge in [0.2, 0.25) is 0 Å². The first-order chi connectivity index (χ1) is 10.7. The predicted molar refractivity (Wildman–Crippen MR) is 85.3 cm³/mol. The van der Waals surface area contributed by atoms with E-state index in [-0.39, 0.29) is 0 Å². The van der Waals surface area contributed by atoms with Crippen LogP contribution in [0.1, 0.15) is 27.7 Å². The minimum Gasteiger partial charge on any atom is -0.399 e. The Morgan fingerprint density at radius 1 is 0.870 bits per heavy atom. The Labute approximate surface area is 134 Å². The summed E-state index contributed by atoms with van der Waals surface area (Å²) < 4.78 is 38.5. The van der Waals surface area contributed by atoms with Crippen molar-refractivity contribution in [3.8, 4) is 11.1 Å². The van der Waals surface area contributed by atoms with Crippen molar-refractivity contribution in [2.75, 3.05) is 0 Å². The number of halogens is 2. The zero-order valence-electron chi connectivity index (χ0n) is 13.6. The largest absolute Gasteiger partial charge is 0.496 e. The van der Waals surface area contributed by atoms with E-state index < -0.39 is 30.0 Å². The molecule has 1 fully saturated rings. The molecular formula is C17H18BF2NO2. The zero-order valence-corrected chi connectivity index (χ0v) is 13.6. The van der Waals surface area contributed by atoms with Crippen LogP contribution in [0.5, 0.6) is 0 Å². The highest BCUT2D eigenvalue weighted by Gasteiger charge is 2.51. The molecule has 3 nitrogen and oxygen atoms in total. The molecule has 120 valence electrons. The number of pyridine rings is 1. The molecule has 2 heterocycles. The summed E-state index contributed by atoms with van der Waals surface area (Å²) in [5.74, 6) is -1.76. The number of hydrogen-bond donors (Lipinski definition) is 0. The number of aromatic nitrogens is 1. The molecule has 1 saturated heterocycles. The van der Waals surface area contributed by atoms with E-state index in [1.54, 1.807) is 12.4 Å². The maximum atomic E-state index is 13.4. The van der Waals surface area contributed by atoms with E-state index in [1.807, 2.05) is 33.8 Å². The quantitative estimate of drug-likeness (QED) is 0.796. The molecule has 1 aromatic heterocycles. The molecule has 0 unspecified atom stereocenters. The molecule has 0 N–H and O–H groups in total. The highest BCUT2D eigenvalue weighted by atomic mass is 19.2. The van der Waals surface area contributed by atoms with Crippen LogP contribution in [0.3, 0.4) is 0 Å². The molecule has 0 saturated carbocycles. The highest BCUT2D eigenvalue weighted by molar-refractivity contribution is 6.62. The van der Waals surface area contributed by atoms with E-state index in [4.69, 9.17) is 9.31 Å². The molecule has 3 rings (SSSR count). The van der Waals surface area contributed by atoms with E-state index in [9.17, 15) is 8.78 Å². The van der Waals surface area contributed by atoms with Gasteiger partial charge in [0.25, 0.3) is 0 Å². The monoisotopic (exact) mass is 317 g/mol. The number of benzene rings is 1. The second-order valence-electron chi connectivity index (χ2n) is 6.72. The van der Waals surface area contributed by atoms with Gasteiger partial charge in [0.1, 0.15) is 0 Å². The third kappa shape index (κ3) is 2.89. The highest BCUT2D eigenvalue weighted by Crippen LogP contribution is 2.36. The van der Waals surface area contributed by atoms with Gasteiger partial charge in [-0.15, -0.1) is 0 Å². The summed E-state index contributed by atoms with van der Waals surface area (Å²) in [7, 11) is -0.544. The van der Waals surface area contributed by atoms with Gasteiger partial charge in [-0.3, -0.25) is 4.98 Å². The van der Waals surface area contributed by atoms with Crippen LogP contribution in [0.15, 0.2) is 36.7 Å². The van der Waals surface area contributed by atoms with Crippen LogP contribution in [0, 0.1) is 11.6 Å². The third-order valence-corrected chi connectivity index (χ3v) is 4.54. The topological polar surface area (TPSA) is 31.4 Å². The number of nitrogens with zero attached hydrogens (tertiary/aromatic N) is 1. The van der Waals surface area contributed by atoms with Crippen molar-refractivity contribution in [2.45, 2.75) is 38.9 Å². The summed E-state index contributed by atoms with van der Waals surface area (Å²) >= 11 is 0. The Morgan fingerprint density at radius 3 is 2.13 bits per heavy atom. The second kappa shape index (κ2) is 5.39. The van der Waals surface area contributed by atoms with Crippen LogP contribution in [0.2, 0.25) is 0 Å². The fraction of sp³-hybridized carbons (Fsp3) is 0.353. The lowest BCUT2D eigenvalue weighted by Gasteiger charge is -2.32. The molecule has 23 heavy (non-hydrogen) atoms. The van der Waals surface area contributed by atoms with Gasteiger partial charge in [0, 0.05) is 17.9 Å². The molecule has 1 aliphatic heterocycles. The summed E-state index contributed by atoms with van der Waals surface area (Å²) in [6.07, 6.45) is 3.26. The summed E-state index contributed by atoms with van der Waals surface area (Å²) in [6.45, 7) is 7.89. The smallest absolute Gasteiger partial charge is 0.399 e. The molecule has 0 aliphatic carbocycles. The second-order valence-corrected chi connectivity index (χ2v) is 6.72. The minimum absolute atomic E-state index is 0.449. The van der Waals surface area contributed by atoms with E-state index in [2.05, 4.69) is 4.98 Å². The lowest BCUT2D eigenvalue weighted by Crippen LogP contribution is -2.41. The van der Waals surface area contributed by atoms with Crippen LogP contribution in [-0.2, 0) is 9.31 Å². The summed E-state index contributed by atoms with van der Waals surface area (Å²) in [6, 6.07) is 5.60. The summed E-state index contributed by atoms with van der Waals surface area (Å²) in [5, 5.41) is 0. The molecule has 6 heteroatoms. The van der Waals surface area contributed by atoms with Crippen molar-refractivity contribution in [3.63, 3.8) is 0 Å². The first kappa shape index (κ1) is 16.1. The third-order valence-electron chi connectivity index (χ3n) is 4.54. The van der Waals surface area contributed by atoms with Crippen molar-refractivity contribution in [2.24, 2.45) is 0 Å². The molecule has 1 aliphatic rings. The first-order valence-corrected chi connectivity index (χ1v) is 7.46. The van der Waals surface area contributed by atoms with Gasteiger partial charge in [0.05, 0.1) is 11.2 Å². The SMILES string of the molecule is CC1(C)OB(c2cncc(-c3ccc(F)c(F)c3)c2)OC1(C)C. The van der Waals surface area contributed by atoms with Crippen molar-refractivity contribution in [3.05, 3.63) is 48.3 Å². The van der Waals surface area contributed by atoms with Gasteiger partial charge in [-0.2, -0.15) is 0 Å². The molecule has 0 spiro atoms. The Kier molecular flexibility index (Phi) is 3.77. The van der Waals surface area contributed by atoms with Gasteiger partial charge in [-0.05, 0) is 51.0 Å². The Balaban J connectivity index is 1.93. The maximum Gasteiger partial charge on any atom is 0.496 e. The molecule has 2 aromatic rings. The molecule has 1 aromatic carbocycles. The van der Waals surface area contributed by atoms with Gasteiger partial charge in [-0.1, -0.05) is 12.1 Å². The normalized spacial score (nSPS) is 19.1. The van der Waals surface area contributed by atoms with Crippen molar-refractivity contribution >= 4 is 12.6 Å². The molecule has 0 amide bonds. The van der Waals surface area contributed by atoms with E-state index in [0.29, 0.717) is 11.1 Å². The van der Waals surface area contributed by atoms with Crippen molar-refractivity contribution in [1.82, 2.24) is 4.98 Å². The lowest BCUT2D eigenvalue weighted by molar-refractivity contribution is 0.00578. The van der Waals surface area contributed by atoms with Crippen molar-refractivity contribution < 1.29 is 18.1 Å². The minimum atomic E-state index is -0.886. The van der Waals surface area contributed by atoms with Crippen LogP contribution in [0.4, 0.5) is 8.78 Å². The fourth-order valence-electron chi connectivity index (χ4n) is 2.40. The molecular weight excluding hydrogens is 299 g/mol. The molecule has 0 radical (unpaired) electrons. The van der Waals surface area contributed by atoms with Gasteiger partial charge >= 0.3 is 7.12 Å². The first-order valence-electron chi connectivity index (χ1n) is 7.46. The summed E-state index contributed by atoms with van der Waals surface area (Å²) in [4.78, 5) is 4.18. The Bertz CT molecular complexity index is 733. The maximum absolute atomic E-state index is 13.4. The van der Waals surface area contributed by atoms with Gasteiger partial charge in [-0.25, -0.2) is 8.78 Å². The average molecular weight is 317 g/mol. The zero-order chi connectivity index (χ0) is 16.8. The van der Waals surface area contributed by atoms with Gasteiger partial charge in [0.15, 0.2) is 11.6 Å². The van der Waals surface area contributed by atoms with Crippen LogP contribution in [-0.4, -0.2) is 23.3 Å². The van der Waals surface area contributed by atoms with E-state index in [0.717, 1.165) is 17.6 Å². The molecule has 0 bridgehead atoms. The number of hydrogen-bond acceptors (Lipinski definition) is 3. The Morgan fingerprint density at radius 2 is 1.52 bits per heavy atom. The average Bonchev–Trinajstić information content (AvgIpc) is 2.71.